The summed E-state index contributed by atoms with van der Waals surface area (Å²) in [4.78, 5) is 24.5. The Labute approximate surface area is 132 Å². The van der Waals surface area contributed by atoms with Gasteiger partial charge in [-0.3, -0.25) is 9.59 Å². The zero-order chi connectivity index (χ0) is 16.1. The van der Waals surface area contributed by atoms with Crippen LogP contribution in [0.5, 0.6) is 0 Å². The number of aromatic nitrogens is 3. The van der Waals surface area contributed by atoms with Gasteiger partial charge in [0.15, 0.2) is 5.69 Å². The van der Waals surface area contributed by atoms with Crippen LogP contribution in [-0.2, 0) is 16.1 Å². The van der Waals surface area contributed by atoms with E-state index in [2.05, 4.69) is 15.0 Å². The van der Waals surface area contributed by atoms with Gasteiger partial charge in [0.05, 0.1) is 19.9 Å². The third-order valence-electron chi connectivity index (χ3n) is 2.96. The molecule has 116 valence electrons. The zero-order valence-electron chi connectivity index (χ0n) is 12.2. The fraction of sp³-hybridized carbons (Fsp3) is 0.286. The smallest absolute Gasteiger partial charge is 0.325 e. The Morgan fingerprint density at radius 1 is 1.32 bits per heavy atom. The number of ether oxygens (including phenoxy) is 1. The first-order chi connectivity index (χ1) is 10.5. The molecule has 0 saturated heterocycles. The number of nitrogens with zero attached hydrogens (tertiary/aromatic N) is 4. The Bertz CT molecular complexity index is 669. The number of likely N-dealkylation sites (N-methyl/N-ethyl adjacent to an activating group) is 1. The Morgan fingerprint density at radius 3 is 2.64 bits per heavy atom. The van der Waals surface area contributed by atoms with E-state index in [9.17, 15) is 9.59 Å². The molecule has 8 heteroatoms. The number of rotatable bonds is 5. The van der Waals surface area contributed by atoms with Crippen molar-refractivity contribution in [3.8, 4) is 0 Å². The lowest BCUT2D eigenvalue weighted by atomic mass is 10.2. The molecule has 0 aliphatic heterocycles. The molecule has 1 amide bonds. The maximum atomic E-state index is 12.1. The van der Waals surface area contributed by atoms with Crippen molar-refractivity contribution in [3.63, 3.8) is 0 Å². The molecule has 0 atom stereocenters. The van der Waals surface area contributed by atoms with E-state index in [0.29, 0.717) is 11.6 Å². The van der Waals surface area contributed by atoms with Crippen molar-refractivity contribution in [3.05, 3.63) is 46.7 Å². The number of halogens is 1. The Morgan fingerprint density at radius 2 is 2.00 bits per heavy atom. The van der Waals surface area contributed by atoms with Crippen molar-refractivity contribution in [1.82, 2.24) is 19.9 Å². The van der Waals surface area contributed by atoms with Crippen LogP contribution in [0.4, 0.5) is 0 Å². The standard InChI is InChI=1S/C14H15ClN4O3/c1-18(9-13(20)22-2)14(21)12-8-19(17-16-12)7-10-3-5-11(15)6-4-10/h3-6,8H,7,9H2,1-2H3. The highest BCUT2D eigenvalue weighted by Gasteiger charge is 2.18. The van der Waals surface area contributed by atoms with Crippen molar-refractivity contribution >= 4 is 23.5 Å². The van der Waals surface area contributed by atoms with Gasteiger partial charge in [-0.1, -0.05) is 28.9 Å². The fourth-order valence-electron chi connectivity index (χ4n) is 1.78. The summed E-state index contributed by atoms with van der Waals surface area (Å²) in [6, 6.07) is 7.30. The molecular formula is C14H15ClN4O3. The second-order valence-electron chi connectivity index (χ2n) is 4.67. The summed E-state index contributed by atoms with van der Waals surface area (Å²) in [5.74, 6) is -0.892. The maximum absolute atomic E-state index is 12.1. The van der Waals surface area contributed by atoms with Crippen molar-refractivity contribution in [2.45, 2.75) is 6.54 Å². The average Bonchev–Trinajstić information content (AvgIpc) is 2.97. The summed E-state index contributed by atoms with van der Waals surface area (Å²) in [5.41, 5.74) is 1.15. The molecule has 1 aromatic heterocycles. The second-order valence-corrected chi connectivity index (χ2v) is 5.10. The van der Waals surface area contributed by atoms with Gasteiger partial charge in [-0.05, 0) is 17.7 Å². The van der Waals surface area contributed by atoms with E-state index in [0.717, 1.165) is 5.56 Å². The molecule has 1 heterocycles. The molecule has 0 fully saturated rings. The van der Waals surface area contributed by atoms with Crippen LogP contribution in [0, 0.1) is 0 Å². The Kier molecular flexibility index (Phi) is 5.11. The van der Waals surface area contributed by atoms with Gasteiger partial charge in [0.1, 0.15) is 6.54 Å². The second kappa shape index (κ2) is 7.04. The van der Waals surface area contributed by atoms with Crippen LogP contribution in [-0.4, -0.2) is 52.5 Å². The summed E-state index contributed by atoms with van der Waals surface area (Å²) in [7, 11) is 2.76. The summed E-state index contributed by atoms with van der Waals surface area (Å²) in [6.45, 7) is 0.331. The van der Waals surface area contributed by atoms with E-state index < -0.39 is 11.9 Å². The van der Waals surface area contributed by atoms with Crippen molar-refractivity contribution in [2.75, 3.05) is 20.7 Å². The van der Waals surface area contributed by atoms with E-state index in [1.54, 1.807) is 16.8 Å². The van der Waals surface area contributed by atoms with Gasteiger partial charge in [0.25, 0.3) is 5.91 Å². The summed E-state index contributed by atoms with van der Waals surface area (Å²) >= 11 is 5.83. The number of carbonyl (C=O) groups is 2. The lowest BCUT2D eigenvalue weighted by Gasteiger charge is -2.13. The molecule has 0 unspecified atom stereocenters. The average molecular weight is 323 g/mol. The first kappa shape index (κ1) is 16.0. The third kappa shape index (κ3) is 4.05. The van der Waals surface area contributed by atoms with E-state index in [1.165, 1.54) is 25.3 Å². The van der Waals surface area contributed by atoms with Crippen molar-refractivity contribution in [1.29, 1.82) is 0 Å². The molecule has 2 rings (SSSR count). The lowest BCUT2D eigenvalue weighted by molar-refractivity contribution is -0.141. The lowest BCUT2D eigenvalue weighted by Crippen LogP contribution is -2.32. The highest BCUT2D eigenvalue weighted by Crippen LogP contribution is 2.10. The van der Waals surface area contributed by atoms with Crippen LogP contribution in [0.15, 0.2) is 30.5 Å². The van der Waals surface area contributed by atoms with Gasteiger partial charge < -0.3 is 9.64 Å². The van der Waals surface area contributed by atoms with E-state index in [-0.39, 0.29) is 12.2 Å². The number of amides is 1. The fourth-order valence-corrected chi connectivity index (χ4v) is 1.90. The highest BCUT2D eigenvalue weighted by molar-refractivity contribution is 6.30. The molecule has 0 aliphatic rings. The molecule has 0 bridgehead atoms. The minimum Gasteiger partial charge on any atom is -0.468 e. The first-order valence-electron chi connectivity index (χ1n) is 6.46. The molecule has 0 radical (unpaired) electrons. The summed E-state index contributed by atoms with van der Waals surface area (Å²) < 4.78 is 6.06. The SMILES string of the molecule is COC(=O)CN(C)C(=O)c1cn(Cc2ccc(Cl)cc2)nn1. The largest absolute Gasteiger partial charge is 0.468 e. The van der Waals surface area contributed by atoms with Crippen molar-refractivity contribution < 1.29 is 14.3 Å². The maximum Gasteiger partial charge on any atom is 0.325 e. The van der Waals surface area contributed by atoms with Crippen LogP contribution in [0.1, 0.15) is 16.1 Å². The number of hydrogen-bond acceptors (Lipinski definition) is 5. The van der Waals surface area contributed by atoms with E-state index in [1.807, 2.05) is 12.1 Å². The molecule has 0 N–H and O–H groups in total. The molecule has 0 spiro atoms. The molecule has 1 aromatic carbocycles. The molecule has 0 saturated carbocycles. The minimum absolute atomic E-state index is 0.140. The third-order valence-corrected chi connectivity index (χ3v) is 3.21. The van der Waals surface area contributed by atoms with Crippen LogP contribution in [0.25, 0.3) is 0 Å². The van der Waals surface area contributed by atoms with Crippen molar-refractivity contribution in [2.24, 2.45) is 0 Å². The Balaban J connectivity index is 2.02. The number of methoxy groups -OCH3 is 1. The van der Waals surface area contributed by atoms with Crippen LogP contribution >= 0.6 is 11.6 Å². The Hall–Kier alpha value is -2.41. The predicted octanol–water partition coefficient (Wildman–Crippen LogP) is 1.22. The zero-order valence-corrected chi connectivity index (χ0v) is 12.9. The first-order valence-corrected chi connectivity index (χ1v) is 6.84. The molecule has 0 aliphatic carbocycles. The van der Waals surface area contributed by atoms with Gasteiger partial charge in [-0.25, -0.2) is 4.68 Å². The predicted molar refractivity (Wildman–Crippen MR) is 79.6 cm³/mol. The van der Waals surface area contributed by atoms with Crippen LogP contribution in [0.3, 0.4) is 0 Å². The van der Waals surface area contributed by atoms with Gasteiger partial charge in [-0.15, -0.1) is 5.10 Å². The van der Waals surface area contributed by atoms with Gasteiger partial charge >= 0.3 is 5.97 Å². The van der Waals surface area contributed by atoms with Gasteiger partial charge in [0.2, 0.25) is 0 Å². The highest BCUT2D eigenvalue weighted by atomic mass is 35.5. The number of hydrogen-bond donors (Lipinski definition) is 0. The van der Waals surface area contributed by atoms with Gasteiger partial charge in [0, 0.05) is 12.1 Å². The normalized spacial score (nSPS) is 10.3. The molecule has 7 nitrogen and oxygen atoms in total. The molecule has 2 aromatic rings. The quantitative estimate of drug-likeness (QED) is 0.774. The van der Waals surface area contributed by atoms with Gasteiger partial charge in [-0.2, -0.15) is 0 Å². The minimum atomic E-state index is -0.496. The number of carbonyl (C=O) groups excluding carboxylic acids is 2. The topological polar surface area (TPSA) is 77.3 Å². The monoisotopic (exact) mass is 322 g/mol. The summed E-state index contributed by atoms with van der Waals surface area (Å²) in [5, 5.41) is 8.39. The summed E-state index contributed by atoms with van der Waals surface area (Å²) in [6.07, 6.45) is 1.53. The van der Waals surface area contributed by atoms with E-state index >= 15 is 0 Å². The molecular weight excluding hydrogens is 308 g/mol. The van der Waals surface area contributed by atoms with E-state index in [4.69, 9.17) is 11.6 Å². The molecule has 22 heavy (non-hydrogen) atoms. The number of esters is 1. The van der Waals surface area contributed by atoms with Crippen LogP contribution < -0.4 is 0 Å². The van der Waals surface area contributed by atoms with Crippen LogP contribution in [0.2, 0.25) is 5.02 Å². The number of benzene rings is 1.